The third-order valence-corrected chi connectivity index (χ3v) is 6.58. The van der Waals surface area contributed by atoms with Gasteiger partial charge in [-0.05, 0) is 61.6 Å². The van der Waals surface area contributed by atoms with Crippen LogP contribution < -0.4 is 14.8 Å². The minimum Gasteiger partial charge on any atom is -0.490 e. The molecule has 176 valence electrons. The van der Waals surface area contributed by atoms with E-state index in [0.29, 0.717) is 36.3 Å². The van der Waals surface area contributed by atoms with Crippen molar-refractivity contribution in [3.05, 3.63) is 47.8 Å². The number of rotatable bonds is 5. The highest BCUT2D eigenvalue weighted by Crippen LogP contribution is 2.36. The number of carbonyl (C=O) groups excluding carboxylic acids is 1. The Hall–Kier alpha value is -3.09. The van der Waals surface area contributed by atoms with E-state index in [0.717, 1.165) is 37.0 Å². The van der Waals surface area contributed by atoms with Crippen LogP contribution in [0.3, 0.4) is 0 Å². The molecule has 2 aliphatic rings. The minimum atomic E-state index is -0.153. The summed E-state index contributed by atoms with van der Waals surface area (Å²) >= 11 is 0. The third kappa shape index (κ3) is 6.46. The van der Waals surface area contributed by atoms with Crippen LogP contribution in [0.5, 0.6) is 11.6 Å². The van der Waals surface area contributed by atoms with Gasteiger partial charge in [0.05, 0.1) is 25.6 Å². The number of piperidine rings is 1. The van der Waals surface area contributed by atoms with Crippen LogP contribution in [-0.2, 0) is 0 Å². The molecule has 4 rings (SSSR count). The van der Waals surface area contributed by atoms with Crippen molar-refractivity contribution in [2.75, 3.05) is 25.5 Å². The number of carbonyl (C=O) groups is 1. The molecule has 0 unspecified atom stereocenters. The van der Waals surface area contributed by atoms with Gasteiger partial charge in [0.25, 0.3) is 0 Å². The lowest BCUT2D eigenvalue weighted by Crippen LogP contribution is -2.39. The molecule has 7 nitrogen and oxygen atoms in total. The van der Waals surface area contributed by atoms with Gasteiger partial charge in [0, 0.05) is 13.1 Å². The monoisotopic (exact) mass is 450 g/mol. The first-order valence-electron chi connectivity index (χ1n) is 11.8. The fourth-order valence-electron chi connectivity index (χ4n) is 4.41. The van der Waals surface area contributed by atoms with E-state index in [1.54, 1.807) is 0 Å². The molecular formula is C26H34N4O3. The number of methoxy groups -OCH3 is 1. The second-order valence-electron chi connectivity index (χ2n) is 9.72. The van der Waals surface area contributed by atoms with E-state index in [4.69, 9.17) is 9.47 Å². The Bertz CT molecular complexity index is 967. The van der Waals surface area contributed by atoms with Crippen LogP contribution >= 0.6 is 0 Å². The summed E-state index contributed by atoms with van der Waals surface area (Å²) in [6.07, 6.45) is 11.9. The molecule has 1 aliphatic carbocycles. The minimum absolute atomic E-state index is 0.153. The molecule has 0 spiro atoms. The number of ether oxygens (including phenoxy) is 2. The van der Waals surface area contributed by atoms with Gasteiger partial charge in [-0.3, -0.25) is 5.32 Å². The summed E-state index contributed by atoms with van der Waals surface area (Å²) < 4.78 is 11.3. The number of hydrogen-bond acceptors (Lipinski definition) is 5. The number of likely N-dealkylation sites (tertiary alicyclic amines) is 1. The standard InChI is InChI=1S/C26H34N4O3/c1-26(2)11-7-21(8-12-26)33-22-6-4-5-20(16-22)15-19-9-13-30(14-10-19)25(31)29-23-17-28-24(32-3)18-27-23/h4-6,15-18,21H,7-14H2,1-3H3,(H,27,29,31). The number of amides is 2. The highest BCUT2D eigenvalue weighted by molar-refractivity contribution is 5.88. The summed E-state index contributed by atoms with van der Waals surface area (Å²) in [5.41, 5.74) is 2.95. The molecular weight excluding hydrogens is 416 g/mol. The van der Waals surface area contributed by atoms with Gasteiger partial charge in [0.1, 0.15) is 5.75 Å². The van der Waals surface area contributed by atoms with Gasteiger partial charge in [0.2, 0.25) is 5.88 Å². The van der Waals surface area contributed by atoms with Crippen LogP contribution in [0.4, 0.5) is 10.6 Å². The molecule has 0 radical (unpaired) electrons. The fraction of sp³-hybridized carbons (Fsp3) is 0.500. The number of benzene rings is 1. The van der Waals surface area contributed by atoms with E-state index in [9.17, 15) is 4.79 Å². The van der Waals surface area contributed by atoms with E-state index in [2.05, 4.69) is 59.5 Å². The first kappa shape index (κ1) is 23.1. The SMILES string of the molecule is COc1cnc(NC(=O)N2CCC(=Cc3cccc(OC4CCC(C)(C)CC4)c3)CC2)cn1. The predicted octanol–water partition coefficient (Wildman–Crippen LogP) is 5.54. The first-order valence-corrected chi connectivity index (χ1v) is 11.8. The zero-order chi connectivity index (χ0) is 23.3. The lowest BCUT2D eigenvalue weighted by atomic mass is 9.76. The molecule has 1 saturated heterocycles. The average Bonchev–Trinajstić information content (AvgIpc) is 2.82. The maximum Gasteiger partial charge on any atom is 0.323 e. The maximum atomic E-state index is 12.5. The summed E-state index contributed by atoms with van der Waals surface area (Å²) in [4.78, 5) is 22.6. The smallest absolute Gasteiger partial charge is 0.323 e. The number of nitrogens with zero attached hydrogens (tertiary/aromatic N) is 3. The van der Waals surface area contributed by atoms with Crippen LogP contribution in [-0.4, -0.2) is 47.2 Å². The zero-order valence-electron chi connectivity index (χ0n) is 19.8. The Morgan fingerprint density at radius 3 is 2.58 bits per heavy atom. The Morgan fingerprint density at radius 1 is 1.15 bits per heavy atom. The van der Waals surface area contributed by atoms with E-state index < -0.39 is 0 Å². The predicted molar refractivity (Wildman–Crippen MR) is 129 cm³/mol. The second kappa shape index (κ2) is 10.2. The molecule has 0 bridgehead atoms. The molecule has 2 amide bonds. The molecule has 1 saturated carbocycles. The molecule has 2 heterocycles. The number of aromatic nitrogens is 2. The fourth-order valence-corrected chi connectivity index (χ4v) is 4.41. The summed E-state index contributed by atoms with van der Waals surface area (Å²) in [5, 5.41) is 2.80. The van der Waals surface area contributed by atoms with Crippen molar-refractivity contribution in [2.45, 2.75) is 58.5 Å². The molecule has 33 heavy (non-hydrogen) atoms. The average molecular weight is 451 g/mol. The van der Waals surface area contributed by atoms with Crippen molar-refractivity contribution < 1.29 is 14.3 Å². The van der Waals surface area contributed by atoms with E-state index in [1.807, 2.05) is 4.90 Å². The van der Waals surface area contributed by atoms with Gasteiger partial charge in [0.15, 0.2) is 5.82 Å². The molecule has 1 aromatic heterocycles. The third-order valence-electron chi connectivity index (χ3n) is 6.58. The van der Waals surface area contributed by atoms with Gasteiger partial charge >= 0.3 is 6.03 Å². The number of urea groups is 1. The van der Waals surface area contributed by atoms with Crippen molar-refractivity contribution >= 4 is 17.9 Å². The largest absolute Gasteiger partial charge is 0.490 e. The van der Waals surface area contributed by atoms with Crippen molar-refractivity contribution in [3.8, 4) is 11.6 Å². The van der Waals surface area contributed by atoms with Crippen molar-refractivity contribution in [1.29, 1.82) is 0 Å². The molecule has 2 aromatic rings. The second-order valence-corrected chi connectivity index (χ2v) is 9.72. The lowest BCUT2D eigenvalue weighted by Gasteiger charge is -2.34. The highest BCUT2D eigenvalue weighted by atomic mass is 16.5. The molecule has 0 atom stereocenters. The molecule has 2 fully saturated rings. The Labute approximate surface area is 196 Å². The Balaban J connectivity index is 1.28. The van der Waals surface area contributed by atoms with Gasteiger partial charge in [-0.25, -0.2) is 14.8 Å². The van der Waals surface area contributed by atoms with Crippen LogP contribution in [0.15, 0.2) is 42.2 Å². The van der Waals surface area contributed by atoms with E-state index >= 15 is 0 Å². The summed E-state index contributed by atoms with van der Waals surface area (Å²) in [5.74, 6) is 1.78. The number of hydrogen-bond donors (Lipinski definition) is 1. The van der Waals surface area contributed by atoms with E-state index in [1.165, 1.54) is 37.9 Å². The van der Waals surface area contributed by atoms with Crippen LogP contribution in [0, 0.1) is 5.41 Å². The van der Waals surface area contributed by atoms with Gasteiger partial charge in [-0.15, -0.1) is 0 Å². The topological polar surface area (TPSA) is 76.6 Å². The lowest BCUT2D eigenvalue weighted by molar-refractivity contribution is 0.0987. The quantitative estimate of drug-likeness (QED) is 0.647. The molecule has 7 heteroatoms. The first-order chi connectivity index (χ1) is 15.9. The van der Waals surface area contributed by atoms with Crippen LogP contribution in [0.2, 0.25) is 0 Å². The van der Waals surface area contributed by atoms with Gasteiger partial charge in [-0.2, -0.15) is 0 Å². The van der Waals surface area contributed by atoms with Crippen molar-refractivity contribution in [1.82, 2.24) is 14.9 Å². The molecule has 1 aromatic carbocycles. The zero-order valence-corrected chi connectivity index (χ0v) is 19.8. The number of anilines is 1. The number of nitrogens with one attached hydrogen (secondary N) is 1. The Kier molecular flexibility index (Phi) is 7.16. The molecule has 1 N–H and O–H groups in total. The van der Waals surface area contributed by atoms with Gasteiger partial charge in [-0.1, -0.05) is 37.6 Å². The Morgan fingerprint density at radius 2 is 1.91 bits per heavy atom. The van der Waals surface area contributed by atoms with Crippen LogP contribution in [0.1, 0.15) is 57.9 Å². The van der Waals surface area contributed by atoms with E-state index in [-0.39, 0.29) is 6.03 Å². The molecule has 1 aliphatic heterocycles. The maximum absolute atomic E-state index is 12.5. The summed E-state index contributed by atoms with van der Waals surface area (Å²) in [6, 6.07) is 8.21. The van der Waals surface area contributed by atoms with Crippen molar-refractivity contribution in [2.24, 2.45) is 5.41 Å². The summed E-state index contributed by atoms with van der Waals surface area (Å²) in [6.45, 7) is 6.04. The normalized spacial score (nSPS) is 18.5. The van der Waals surface area contributed by atoms with Crippen molar-refractivity contribution in [3.63, 3.8) is 0 Å². The van der Waals surface area contributed by atoms with Gasteiger partial charge < -0.3 is 14.4 Å². The van der Waals surface area contributed by atoms with Crippen LogP contribution in [0.25, 0.3) is 6.08 Å². The highest BCUT2D eigenvalue weighted by Gasteiger charge is 2.27. The summed E-state index contributed by atoms with van der Waals surface area (Å²) in [7, 11) is 1.53.